The van der Waals surface area contributed by atoms with Gasteiger partial charge in [0.1, 0.15) is 0 Å². The first-order valence-corrected chi connectivity index (χ1v) is 7.60. The van der Waals surface area contributed by atoms with Gasteiger partial charge >= 0.3 is 0 Å². The highest BCUT2D eigenvalue weighted by Gasteiger charge is 2.28. The van der Waals surface area contributed by atoms with Crippen LogP contribution >= 0.6 is 0 Å². The Hall–Kier alpha value is -0.550. The normalized spacial score (nSPS) is 27.3. The van der Waals surface area contributed by atoms with Crippen molar-refractivity contribution in [2.45, 2.75) is 84.7 Å². The van der Waals surface area contributed by atoms with Crippen LogP contribution in [0.5, 0.6) is 0 Å². The second-order valence-corrected chi connectivity index (χ2v) is 6.90. The summed E-state index contributed by atoms with van der Waals surface area (Å²) < 4.78 is 0. The van der Waals surface area contributed by atoms with E-state index in [0.29, 0.717) is 23.9 Å². The number of nitriles is 1. The Kier molecular flexibility index (Phi) is 6.15. The lowest BCUT2D eigenvalue weighted by Crippen LogP contribution is -2.37. The Bertz CT molecular complexity index is 272. The average Bonchev–Trinajstić information content (AvgIpc) is 2.53. The molecule has 3 atom stereocenters. The molecule has 1 saturated carbocycles. The van der Waals surface area contributed by atoms with E-state index in [-0.39, 0.29) is 0 Å². The van der Waals surface area contributed by atoms with Crippen LogP contribution in [0.15, 0.2) is 0 Å². The number of rotatable bonds is 4. The molecule has 3 unspecified atom stereocenters. The Balaban J connectivity index is 2.44. The molecule has 0 aromatic rings. The molecule has 1 N–H and O–H groups in total. The van der Waals surface area contributed by atoms with Crippen molar-refractivity contribution in [3.05, 3.63) is 0 Å². The van der Waals surface area contributed by atoms with E-state index >= 15 is 0 Å². The molecular formula is C16H30N2. The first-order chi connectivity index (χ1) is 8.47. The molecule has 1 fully saturated rings. The maximum atomic E-state index is 8.81. The molecule has 2 nitrogen and oxygen atoms in total. The zero-order chi connectivity index (χ0) is 13.6. The molecule has 104 valence electrons. The molecule has 0 saturated heterocycles. The third kappa shape index (κ3) is 4.98. The summed E-state index contributed by atoms with van der Waals surface area (Å²) in [6, 6.07) is 3.32. The van der Waals surface area contributed by atoms with Crippen molar-refractivity contribution in [2.75, 3.05) is 0 Å². The van der Waals surface area contributed by atoms with Crippen LogP contribution in [0.1, 0.15) is 72.6 Å². The summed E-state index contributed by atoms with van der Waals surface area (Å²) in [5, 5.41) is 12.5. The molecule has 18 heavy (non-hydrogen) atoms. The van der Waals surface area contributed by atoms with Crippen molar-refractivity contribution in [3.63, 3.8) is 0 Å². The summed E-state index contributed by atoms with van der Waals surface area (Å²) in [5.41, 5.74) is 0.450. The highest BCUT2D eigenvalue weighted by molar-refractivity contribution is 4.85. The van der Waals surface area contributed by atoms with Gasteiger partial charge in [-0.1, -0.05) is 34.1 Å². The lowest BCUT2D eigenvalue weighted by atomic mass is 9.76. The van der Waals surface area contributed by atoms with E-state index in [9.17, 15) is 0 Å². The van der Waals surface area contributed by atoms with Crippen molar-refractivity contribution >= 4 is 0 Å². The summed E-state index contributed by atoms with van der Waals surface area (Å²) in [5.74, 6) is 0.861. The van der Waals surface area contributed by atoms with Gasteiger partial charge in [-0.25, -0.2) is 0 Å². The maximum absolute atomic E-state index is 8.81. The van der Waals surface area contributed by atoms with Gasteiger partial charge in [-0.3, -0.25) is 0 Å². The molecule has 0 bridgehead atoms. The lowest BCUT2D eigenvalue weighted by Gasteiger charge is -2.30. The van der Waals surface area contributed by atoms with Crippen LogP contribution in [-0.4, -0.2) is 12.1 Å². The van der Waals surface area contributed by atoms with Gasteiger partial charge in [0, 0.05) is 12.1 Å². The predicted octanol–water partition coefficient (Wildman–Crippen LogP) is 4.26. The fourth-order valence-corrected chi connectivity index (χ4v) is 3.10. The van der Waals surface area contributed by atoms with Crippen LogP contribution in [-0.2, 0) is 0 Å². The fraction of sp³-hybridized carbons (Fsp3) is 0.938. The van der Waals surface area contributed by atoms with Gasteiger partial charge < -0.3 is 5.32 Å². The SMILES string of the molecule is CCC(CC#N)NC1CCCC(C(C)(C)C)CC1. The molecule has 0 aliphatic heterocycles. The van der Waals surface area contributed by atoms with Crippen LogP contribution in [0.2, 0.25) is 0 Å². The van der Waals surface area contributed by atoms with Crippen LogP contribution in [0, 0.1) is 22.7 Å². The molecule has 0 radical (unpaired) electrons. The number of nitrogens with one attached hydrogen (secondary N) is 1. The molecule has 0 aromatic carbocycles. The van der Waals surface area contributed by atoms with Crippen molar-refractivity contribution in [2.24, 2.45) is 11.3 Å². The highest BCUT2D eigenvalue weighted by Crippen LogP contribution is 2.36. The molecule has 1 aliphatic carbocycles. The Morgan fingerprint density at radius 3 is 2.50 bits per heavy atom. The van der Waals surface area contributed by atoms with Crippen LogP contribution < -0.4 is 5.32 Å². The summed E-state index contributed by atoms with van der Waals surface area (Å²) in [6.07, 6.45) is 8.32. The largest absolute Gasteiger partial charge is 0.310 e. The number of hydrogen-bond donors (Lipinski definition) is 1. The summed E-state index contributed by atoms with van der Waals surface area (Å²) >= 11 is 0. The number of nitrogens with zero attached hydrogens (tertiary/aromatic N) is 1. The summed E-state index contributed by atoms with van der Waals surface area (Å²) in [4.78, 5) is 0. The van der Waals surface area contributed by atoms with Gasteiger partial charge in [-0.2, -0.15) is 5.26 Å². The zero-order valence-electron chi connectivity index (χ0n) is 12.6. The van der Waals surface area contributed by atoms with Crippen molar-refractivity contribution in [3.8, 4) is 6.07 Å². The van der Waals surface area contributed by atoms with Crippen molar-refractivity contribution < 1.29 is 0 Å². The summed E-state index contributed by atoms with van der Waals surface area (Å²) in [6.45, 7) is 9.28. The van der Waals surface area contributed by atoms with Crippen LogP contribution in [0.4, 0.5) is 0 Å². The first-order valence-electron chi connectivity index (χ1n) is 7.60. The second-order valence-electron chi connectivity index (χ2n) is 6.90. The van der Waals surface area contributed by atoms with E-state index in [1.165, 1.54) is 32.1 Å². The van der Waals surface area contributed by atoms with Gasteiger partial charge in [0.2, 0.25) is 0 Å². The Morgan fingerprint density at radius 2 is 1.94 bits per heavy atom. The van der Waals surface area contributed by atoms with E-state index in [1.807, 2.05) is 0 Å². The minimum absolute atomic E-state index is 0.395. The third-order valence-electron chi connectivity index (χ3n) is 4.50. The highest BCUT2D eigenvalue weighted by atomic mass is 14.9. The van der Waals surface area contributed by atoms with Crippen molar-refractivity contribution in [1.82, 2.24) is 5.32 Å². The molecule has 2 heteroatoms. The first kappa shape index (κ1) is 15.5. The smallest absolute Gasteiger partial charge is 0.0638 e. The topological polar surface area (TPSA) is 35.8 Å². The second kappa shape index (κ2) is 7.14. The fourth-order valence-electron chi connectivity index (χ4n) is 3.10. The quantitative estimate of drug-likeness (QED) is 0.757. The monoisotopic (exact) mass is 250 g/mol. The predicted molar refractivity (Wildman–Crippen MR) is 77.3 cm³/mol. The molecule has 1 aliphatic rings. The molecule has 0 heterocycles. The maximum Gasteiger partial charge on any atom is 0.0638 e. The molecule has 0 aromatic heterocycles. The molecule has 0 amide bonds. The van der Waals surface area contributed by atoms with E-state index in [4.69, 9.17) is 5.26 Å². The Labute approximate surface area is 113 Å². The zero-order valence-corrected chi connectivity index (χ0v) is 12.6. The lowest BCUT2D eigenvalue weighted by molar-refractivity contribution is 0.213. The van der Waals surface area contributed by atoms with Crippen molar-refractivity contribution in [1.29, 1.82) is 5.26 Å². The van der Waals surface area contributed by atoms with Gasteiger partial charge in [0.15, 0.2) is 0 Å². The Morgan fingerprint density at radius 1 is 1.22 bits per heavy atom. The number of hydrogen-bond acceptors (Lipinski definition) is 2. The standard InChI is InChI=1S/C16H30N2/c1-5-14(11-12-17)18-15-8-6-7-13(9-10-15)16(2,3)4/h13-15,18H,5-11H2,1-4H3. The van der Waals surface area contributed by atoms with Gasteiger partial charge in [-0.15, -0.1) is 0 Å². The average molecular weight is 250 g/mol. The van der Waals surface area contributed by atoms with Crippen LogP contribution in [0.25, 0.3) is 0 Å². The summed E-state index contributed by atoms with van der Waals surface area (Å²) in [7, 11) is 0. The van der Waals surface area contributed by atoms with E-state index < -0.39 is 0 Å². The van der Waals surface area contributed by atoms with E-state index in [1.54, 1.807) is 0 Å². The van der Waals surface area contributed by atoms with Gasteiger partial charge in [-0.05, 0) is 43.4 Å². The molecule has 1 rings (SSSR count). The minimum atomic E-state index is 0.395. The van der Waals surface area contributed by atoms with Crippen LogP contribution in [0.3, 0.4) is 0 Å². The third-order valence-corrected chi connectivity index (χ3v) is 4.50. The van der Waals surface area contributed by atoms with E-state index in [2.05, 4.69) is 39.1 Å². The van der Waals surface area contributed by atoms with E-state index in [0.717, 1.165) is 12.3 Å². The molecular weight excluding hydrogens is 220 g/mol. The van der Waals surface area contributed by atoms with Gasteiger partial charge in [0.25, 0.3) is 0 Å². The van der Waals surface area contributed by atoms with Gasteiger partial charge in [0.05, 0.1) is 12.5 Å². The minimum Gasteiger partial charge on any atom is -0.310 e. The molecule has 0 spiro atoms.